The van der Waals surface area contributed by atoms with Gasteiger partial charge < -0.3 is 10.3 Å². The molecule has 16 heavy (non-hydrogen) atoms. The van der Waals surface area contributed by atoms with Gasteiger partial charge >= 0.3 is 0 Å². The van der Waals surface area contributed by atoms with Gasteiger partial charge in [-0.1, -0.05) is 15.9 Å². The van der Waals surface area contributed by atoms with E-state index in [0.717, 1.165) is 41.6 Å². The van der Waals surface area contributed by atoms with E-state index in [1.54, 1.807) is 0 Å². The van der Waals surface area contributed by atoms with Gasteiger partial charge in [-0.25, -0.2) is 4.98 Å². The van der Waals surface area contributed by atoms with Gasteiger partial charge in [-0.05, 0) is 37.6 Å². The minimum Gasteiger partial charge on any atom is -0.331 e. The largest absolute Gasteiger partial charge is 0.331 e. The van der Waals surface area contributed by atoms with Crippen LogP contribution in [-0.4, -0.2) is 16.1 Å². The van der Waals surface area contributed by atoms with Crippen LogP contribution < -0.4 is 5.73 Å². The minimum atomic E-state index is 0.759. The Labute approximate surface area is 104 Å². The number of fused-ring (bicyclic) bond motifs is 1. The number of aromatic nitrogens is 2. The molecule has 0 atom stereocenters. The first kappa shape index (κ1) is 11.6. The summed E-state index contributed by atoms with van der Waals surface area (Å²) in [7, 11) is 2.07. The number of benzene rings is 1. The van der Waals surface area contributed by atoms with Crippen LogP contribution in [0.25, 0.3) is 11.0 Å². The number of hydrogen-bond donors (Lipinski definition) is 1. The molecule has 2 rings (SSSR count). The molecule has 3 nitrogen and oxygen atoms in total. The molecule has 0 amide bonds. The van der Waals surface area contributed by atoms with Crippen LogP contribution in [-0.2, 0) is 13.5 Å². The van der Waals surface area contributed by atoms with Crippen LogP contribution in [0, 0.1) is 0 Å². The smallest absolute Gasteiger partial charge is 0.109 e. The Morgan fingerprint density at radius 1 is 1.38 bits per heavy atom. The van der Waals surface area contributed by atoms with Crippen LogP contribution in [0.5, 0.6) is 0 Å². The highest BCUT2D eigenvalue weighted by Crippen LogP contribution is 2.20. The van der Waals surface area contributed by atoms with Crippen LogP contribution in [0.2, 0.25) is 0 Å². The summed E-state index contributed by atoms with van der Waals surface area (Å²) in [6, 6.07) is 6.20. The predicted molar refractivity (Wildman–Crippen MR) is 70.4 cm³/mol. The summed E-state index contributed by atoms with van der Waals surface area (Å²) in [5.74, 6) is 1.14. The second kappa shape index (κ2) is 4.97. The molecule has 0 bridgehead atoms. The van der Waals surface area contributed by atoms with E-state index in [0.29, 0.717) is 0 Å². The van der Waals surface area contributed by atoms with Gasteiger partial charge in [-0.2, -0.15) is 0 Å². The lowest BCUT2D eigenvalue weighted by Crippen LogP contribution is -2.02. The van der Waals surface area contributed by atoms with Gasteiger partial charge in [-0.3, -0.25) is 0 Å². The average Bonchev–Trinajstić information content (AvgIpc) is 2.56. The first-order chi connectivity index (χ1) is 7.72. The zero-order valence-electron chi connectivity index (χ0n) is 9.41. The third-order valence-corrected chi connectivity index (χ3v) is 3.28. The van der Waals surface area contributed by atoms with Gasteiger partial charge in [0.1, 0.15) is 5.82 Å². The molecule has 1 heterocycles. The Bertz CT molecular complexity index is 490. The topological polar surface area (TPSA) is 43.8 Å². The molecule has 1 aromatic heterocycles. The molecule has 0 saturated heterocycles. The van der Waals surface area contributed by atoms with Crippen molar-refractivity contribution in [3.63, 3.8) is 0 Å². The quantitative estimate of drug-likeness (QED) is 0.876. The Morgan fingerprint density at radius 3 is 2.94 bits per heavy atom. The van der Waals surface area contributed by atoms with Crippen LogP contribution in [0.15, 0.2) is 22.7 Å². The van der Waals surface area contributed by atoms with Crippen molar-refractivity contribution >= 4 is 27.0 Å². The van der Waals surface area contributed by atoms with E-state index in [4.69, 9.17) is 5.73 Å². The third-order valence-electron chi connectivity index (χ3n) is 2.79. The molecule has 0 unspecified atom stereocenters. The fourth-order valence-corrected chi connectivity index (χ4v) is 2.22. The van der Waals surface area contributed by atoms with E-state index < -0.39 is 0 Å². The van der Waals surface area contributed by atoms with Crippen molar-refractivity contribution in [3.05, 3.63) is 28.5 Å². The summed E-state index contributed by atoms with van der Waals surface area (Å²) in [5.41, 5.74) is 7.73. The fourth-order valence-electron chi connectivity index (χ4n) is 1.87. The highest BCUT2D eigenvalue weighted by Gasteiger charge is 2.07. The number of imidazole rings is 1. The molecule has 0 aliphatic heterocycles. The number of nitrogens with two attached hydrogens (primary N) is 1. The lowest BCUT2D eigenvalue weighted by Gasteiger charge is -2.01. The Morgan fingerprint density at radius 2 is 2.19 bits per heavy atom. The van der Waals surface area contributed by atoms with Crippen molar-refractivity contribution < 1.29 is 0 Å². The molecule has 1 aromatic carbocycles. The van der Waals surface area contributed by atoms with Crippen molar-refractivity contribution in [1.82, 2.24) is 9.55 Å². The van der Waals surface area contributed by atoms with E-state index in [1.807, 2.05) is 6.07 Å². The maximum Gasteiger partial charge on any atom is 0.109 e. The summed E-state index contributed by atoms with van der Waals surface area (Å²) >= 11 is 3.46. The molecular weight excluding hydrogens is 266 g/mol. The number of nitrogens with zero attached hydrogens (tertiary/aromatic N) is 2. The van der Waals surface area contributed by atoms with Gasteiger partial charge in [0.2, 0.25) is 0 Å². The SMILES string of the molecule is Cn1c(CCCCN)nc2cc(Br)ccc21. The first-order valence-electron chi connectivity index (χ1n) is 5.53. The highest BCUT2D eigenvalue weighted by atomic mass is 79.9. The number of rotatable bonds is 4. The van der Waals surface area contributed by atoms with Crippen LogP contribution in [0.3, 0.4) is 0 Å². The lowest BCUT2D eigenvalue weighted by molar-refractivity contribution is 0.694. The number of hydrogen-bond acceptors (Lipinski definition) is 2. The summed E-state index contributed by atoms with van der Waals surface area (Å²) in [4.78, 5) is 4.64. The van der Waals surface area contributed by atoms with Gasteiger partial charge in [0.05, 0.1) is 11.0 Å². The fraction of sp³-hybridized carbons (Fsp3) is 0.417. The van der Waals surface area contributed by atoms with Crippen LogP contribution in [0.1, 0.15) is 18.7 Å². The monoisotopic (exact) mass is 281 g/mol. The summed E-state index contributed by atoms with van der Waals surface area (Å²) in [5, 5.41) is 0. The zero-order valence-corrected chi connectivity index (χ0v) is 11.0. The van der Waals surface area contributed by atoms with Gasteiger partial charge in [0, 0.05) is 17.9 Å². The molecule has 86 valence electrons. The normalized spacial score (nSPS) is 11.2. The molecule has 2 aromatic rings. The highest BCUT2D eigenvalue weighted by molar-refractivity contribution is 9.10. The molecule has 0 saturated carbocycles. The molecule has 0 fully saturated rings. The summed E-state index contributed by atoms with van der Waals surface area (Å²) < 4.78 is 3.24. The van der Waals surface area contributed by atoms with Gasteiger partial charge in [0.15, 0.2) is 0 Å². The summed E-state index contributed by atoms with van der Waals surface area (Å²) in [6.45, 7) is 0.759. The zero-order chi connectivity index (χ0) is 11.5. The molecule has 0 aliphatic carbocycles. The second-order valence-corrected chi connectivity index (χ2v) is 4.88. The Hall–Kier alpha value is -0.870. The average molecular weight is 282 g/mol. The molecular formula is C12H16BrN3. The maximum absolute atomic E-state index is 5.49. The molecule has 0 radical (unpaired) electrons. The van der Waals surface area contributed by atoms with Crippen LogP contribution in [0.4, 0.5) is 0 Å². The van der Waals surface area contributed by atoms with E-state index in [2.05, 4.69) is 44.7 Å². The summed E-state index contributed by atoms with van der Waals surface area (Å²) in [6.07, 6.45) is 3.17. The number of halogens is 1. The Kier molecular flexibility index (Phi) is 3.61. The van der Waals surface area contributed by atoms with Crippen LogP contribution >= 0.6 is 15.9 Å². The maximum atomic E-state index is 5.49. The predicted octanol–water partition coefficient (Wildman–Crippen LogP) is 2.62. The van der Waals surface area contributed by atoms with E-state index in [1.165, 1.54) is 5.52 Å². The number of aryl methyl sites for hydroxylation is 2. The van der Waals surface area contributed by atoms with Crippen molar-refractivity contribution in [1.29, 1.82) is 0 Å². The van der Waals surface area contributed by atoms with Gasteiger partial charge in [0.25, 0.3) is 0 Å². The Balaban J connectivity index is 2.29. The van der Waals surface area contributed by atoms with E-state index >= 15 is 0 Å². The third kappa shape index (κ3) is 2.28. The van der Waals surface area contributed by atoms with Crippen molar-refractivity contribution in [2.45, 2.75) is 19.3 Å². The van der Waals surface area contributed by atoms with E-state index in [9.17, 15) is 0 Å². The molecule has 0 spiro atoms. The molecule has 2 N–H and O–H groups in total. The second-order valence-electron chi connectivity index (χ2n) is 3.97. The van der Waals surface area contributed by atoms with Crippen molar-refractivity contribution in [3.8, 4) is 0 Å². The first-order valence-corrected chi connectivity index (χ1v) is 6.32. The molecule has 4 heteroatoms. The van der Waals surface area contributed by atoms with E-state index in [-0.39, 0.29) is 0 Å². The van der Waals surface area contributed by atoms with Gasteiger partial charge in [-0.15, -0.1) is 0 Å². The standard InChI is InChI=1S/C12H16BrN3/c1-16-11-6-5-9(13)8-10(11)15-12(16)4-2-3-7-14/h5-6,8H,2-4,7,14H2,1H3. The number of unbranched alkanes of at least 4 members (excludes halogenated alkanes) is 1. The minimum absolute atomic E-state index is 0.759. The van der Waals surface area contributed by atoms with Crippen molar-refractivity contribution in [2.24, 2.45) is 12.8 Å². The van der Waals surface area contributed by atoms with Crippen molar-refractivity contribution in [2.75, 3.05) is 6.54 Å². The lowest BCUT2D eigenvalue weighted by atomic mass is 10.2. The molecule has 0 aliphatic rings.